The predicted octanol–water partition coefficient (Wildman–Crippen LogP) is 3.75. The van der Waals surface area contributed by atoms with Gasteiger partial charge in [-0.15, -0.1) is 0 Å². The fourth-order valence-electron chi connectivity index (χ4n) is 1.26. The Morgan fingerprint density at radius 1 is 1.40 bits per heavy atom. The predicted molar refractivity (Wildman–Crippen MR) is 47.9 cm³/mol. The number of nitrogens with zero attached hydrogens (tertiary/aromatic N) is 1. The molecule has 1 aromatic heterocycles. The van der Waals surface area contributed by atoms with E-state index < -0.39 is 17.6 Å². The van der Waals surface area contributed by atoms with Crippen LogP contribution < -0.4 is 0 Å². The van der Waals surface area contributed by atoms with Crippen LogP contribution in [-0.4, -0.2) is 4.98 Å². The summed E-state index contributed by atoms with van der Waals surface area (Å²) in [5, 5.41) is 0. The average molecular weight is 221 g/mol. The lowest BCUT2D eigenvalue weighted by Gasteiger charge is -2.15. The summed E-state index contributed by atoms with van der Waals surface area (Å²) in [7, 11) is 0. The van der Waals surface area contributed by atoms with E-state index in [-0.39, 0.29) is 11.6 Å². The van der Waals surface area contributed by atoms with Gasteiger partial charge in [0.15, 0.2) is 0 Å². The van der Waals surface area contributed by atoms with Gasteiger partial charge in [-0.3, -0.25) is 4.98 Å². The van der Waals surface area contributed by atoms with Crippen LogP contribution >= 0.6 is 0 Å². The average Bonchev–Trinajstić information content (AvgIpc) is 2.15. The first-order valence-corrected chi connectivity index (χ1v) is 4.59. The molecule has 5 heteroatoms. The van der Waals surface area contributed by atoms with Crippen molar-refractivity contribution in [1.82, 2.24) is 4.98 Å². The molecule has 0 aromatic carbocycles. The van der Waals surface area contributed by atoms with Gasteiger partial charge in [0.2, 0.25) is 0 Å². The molecule has 0 aliphatic rings. The summed E-state index contributed by atoms with van der Waals surface area (Å²) < 4.78 is 50.2. The molecule has 0 aliphatic heterocycles. The summed E-state index contributed by atoms with van der Waals surface area (Å²) in [6.07, 6.45) is -3.20. The van der Waals surface area contributed by atoms with Crippen LogP contribution in [0.3, 0.4) is 0 Å². The van der Waals surface area contributed by atoms with Gasteiger partial charge in [-0.2, -0.15) is 13.2 Å². The molecular weight excluding hydrogens is 210 g/mol. The number of rotatable bonds is 2. The lowest BCUT2D eigenvalue weighted by atomic mass is 9.99. The third kappa shape index (κ3) is 2.67. The van der Waals surface area contributed by atoms with Crippen molar-refractivity contribution in [3.05, 3.63) is 29.3 Å². The molecule has 0 bridgehead atoms. The van der Waals surface area contributed by atoms with Gasteiger partial charge in [0.05, 0.1) is 17.5 Å². The van der Waals surface area contributed by atoms with Gasteiger partial charge in [0, 0.05) is 0 Å². The topological polar surface area (TPSA) is 12.9 Å². The Bertz CT molecular complexity index is 346. The van der Waals surface area contributed by atoms with Gasteiger partial charge in [0.1, 0.15) is 5.82 Å². The summed E-state index contributed by atoms with van der Waals surface area (Å²) in [6, 6.07) is 0.495. The zero-order chi connectivity index (χ0) is 11.6. The standard InChI is InChI=1S/C10H11F4N/c1-3-6(2)9-8(10(12,13)14)4-7(11)5-15-9/h4-6H,3H2,1-2H3. The van der Waals surface area contributed by atoms with Crippen molar-refractivity contribution in [1.29, 1.82) is 0 Å². The highest BCUT2D eigenvalue weighted by molar-refractivity contribution is 5.26. The SMILES string of the molecule is CCC(C)c1ncc(F)cc1C(F)(F)F. The number of aromatic nitrogens is 1. The van der Waals surface area contributed by atoms with Crippen LogP contribution in [0.2, 0.25) is 0 Å². The highest BCUT2D eigenvalue weighted by Crippen LogP contribution is 2.35. The second-order valence-corrected chi connectivity index (χ2v) is 3.39. The first kappa shape index (κ1) is 11.9. The Morgan fingerprint density at radius 2 is 2.00 bits per heavy atom. The lowest BCUT2D eigenvalue weighted by Crippen LogP contribution is -2.13. The monoisotopic (exact) mass is 221 g/mol. The fraction of sp³-hybridized carbons (Fsp3) is 0.500. The highest BCUT2D eigenvalue weighted by atomic mass is 19.4. The van der Waals surface area contributed by atoms with E-state index in [1.165, 1.54) is 0 Å². The molecule has 0 radical (unpaired) electrons. The molecule has 0 aliphatic carbocycles. The van der Waals surface area contributed by atoms with Crippen molar-refractivity contribution in [2.24, 2.45) is 0 Å². The van der Waals surface area contributed by atoms with Crippen LogP contribution in [0.15, 0.2) is 12.3 Å². The van der Waals surface area contributed by atoms with Gasteiger partial charge in [-0.25, -0.2) is 4.39 Å². The number of hydrogen-bond donors (Lipinski definition) is 0. The molecule has 1 aromatic rings. The number of pyridine rings is 1. The summed E-state index contributed by atoms with van der Waals surface area (Å²) in [4.78, 5) is 3.52. The van der Waals surface area contributed by atoms with E-state index in [2.05, 4.69) is 4.98 Å². The third-order valence-electron chi connectivity index (χ3n) is 2.27. The van der Waals surface area contributed by atoms with Gasteiger partial charge >= 0.3 is 6.18 Å². The molecule has 1 unspecified atom stereocenters. The van der Waals surface area contributed by atoms with Crippen LogP contribution in [0.5, 0.6) is 0 Å². The van der Waals surface area contributed by atoms with E-state index in [1.807, 2.05) is 0 Å². The molecular formula is C10H11F4N. The lowest BCUT2D eigenvalue weighted by molar-refractivity contribution is -0.138. The fourth-order valence-corrected chi connectivity index (χ4v) is 1.26. The molecule has 1 atom stereocenters. The second kappa shape index (κ2) is 4.16. The Kier molecular flexibility index (Phi) is 3.31. The molecule has 0 amide bonds. The highest BCUT2D eigenvalue weighted by Gasteiger charge is 2.35. The van der Waals surface area contributed by atoms with Crippen molar-refractivity contribution in [2.75, 3.05) is 0 Å². The Hall–Kier alpha value is -1.13. The molecule has 1 nitrogen and oxygen atoms in total. The molecule has 0 saturated heterocycles. The largest absolute Gasteiger partial charge is 0.418 e. The Morgan fingerprint density at radius 3 is 2.47 bits per heavy atom. The summed E-state index contributed by atoms with van der Waals surface area (Å²) in [5.41, 5.74) is -1.07. The van der Waals surface area contributed by atoms with Gasteiger partial charge in [-0.05, 0) is 18.4 Å². The molecule has 0 spiro atoms. The number of alkyl halides is 3. The number of halogens is 4. The van der Waals surface area contributed by atoms with Crippen molar-refractivity contribution in [3.8, 4) is 0 Å². The van der Waals surface area contributed by atoms with Crippen molar-refractivity contribution in [3.63, 3.8) is 0 Å². The van der Waals surface area contributed by atoms with Crippen LogP contribution in [0.1, 0.15) is 37.4 Å². The van der Waals surface area contributed by atoms with E-state index >= 15 is 0 Å². The van der Waals surface area contributed by atoms with E-state index in [9.17, 15) is 17.6 Å². The zero-order valence-corrected chi connectivity index (χ0v) is 8.40. The third-order valence-corrected chi connectivity index (χ3v) is 2.27. The van der Waals surface area contributed by atoms with E-state index in [0.717, 1.165) is 6.20 Å². The van der Waals surface area contributed by atoms with Gasteiger partial charge < -0.3 is 0 Å². The van der Waals surface area contributed by atoms with Crippen LogP contribution in [0.4, 0.5) is 17.6 Å². The van der Waals surface area contributed by atoms with Crippen molar-refractivity contribution < 1.29 is 17.6 Å². The van der Waals surface area contributed by atoms with Crippen molar-refractivity contribution >= 4 is 0 Å². The Labute approximate surface area is 85.1 Å². The smallest absolute Gasteiger partial charge is 0.257 e. The molecule has 0 fully saturated rings. The first-order chi connectivity index (χ1) is 6.86. The summed E-state index contributed by atoms with van der Waals surface area (Å²) in [5.74, 6) is -1.29. The van der Waals surface area contributed by atoms with Gasteiger partial charge in [-0.1, -0.05) is 13.8 Å². The maximum Gasteiger partial charge on any atom is 0.418 e. The first-order valence-electron chi connectivity index (χ1n) is 4.59. The number of hydrogen-bond acceptors (Lipinski definition) is 1. The normalized spacial score (nSPS) is 14.0. The summed E-state index contributed by atoms with van der Waals surface area (Å²) in [6.45, 7) is 3.39. The molecule has 15 heavy (non-hydrogen) atoms. The minimum Gasteiger partial charge on any atom is -0.257 e. The zero-order valence-electron chi connectivity index (χ0n) is 8.40. The van der Waals surface area contributed by atoms with Gasteiger partial charge in [0.25, 0.3) is 0 Å². The second-order valence-electron chi connectivity index (χ2n) is 3.39. The minimum absolute atomic E-state index is 0.0913. The quantitative estimate of drug-likeness (QED) is 0.693. The van der Waals surface area contributed by atoms with Crippen LogP contribution in [-0.2, 0) is 6.18 Å². The molecule has 0 N–H and O–H groups in total. The molecule has 0 saturated carbocycles. The molecule has 84 valence electrons. The van der Waals surface area contributed by atoms with Crippen LogP contribution in [0.25, 0.3) is 0 Å². The maximum absolute atomic E-state index is 12.7. The Balaban J connectivity index is 3.27. The molecule has 1 rings (SSSR count). The van der Waals surface area contributed by atoms with E-state index in [1.54, 1.807) is 13.8 Å². The summed E-state index contributed by atoms with van der Waals surface area (Å²) >= 11 is 0. The van der Waals surface area contributed by atoms with Crippen molar-refractivity contribution in [2.45, 2.75) is 32.4 Å². The molecule has 1 heterocycles. The van der Waals surface area contributed by atoms with Crippen LogP contribution in [0, 0.1) is 5.82 Å². The van der Waals surface area contributed by atoms with E-state index in [0.29, 0.717) is 12.5 Å². The minimum atomic E-state index is -4.55. The van der Waals surface area contributed by atoms with E-state index in [4.69, 9.17) is 0 Å². The maximum atomic E-state index is 12.7.